The molecule has 94 valence electrons. The molecule has 0 amide bonds. The van der Waals surface area contributed by atoms with E-state index in [1.165, 1.54) is 6.20 Å². The molecular formula is C13H16N4O. The van der Waals surface area contributed by atoms with Crippen molar-refractivity contribution in [3.05, 3.63) is 41.5 Å². The van der Waals surface area contributed by atoms with Crippen molar-refractivity contribution in [3.63, 3.8) is 0 Å². The average molecular weight is 244 g/mol. The highest BCUT2D eigenvalue weighted by molar-refractivity contribution is 6.07. The number of carbonyl (C=O) groups excluding carboxylic acids is 1. The van der Waals surface area contributed by atoms with Gasteiger partial charge in [-0.3, -0.25) is 9.78 Å². The predicted octanol–water partition coefficient (Wildman–Crippen LogP) is 1.88. The number of hydrogen-bond acceptors (Lipinski definition) is 4. The molecule has 5 nitrogen and oxygen atoms in total. The van der Waals surface area contributed by atoms with Crippen LogP contribution in [0.1, 0.15) is 42.0 Å². The lowest BCUT2D eigenvalue weighted by Crippen LogP contribution is -2.14. The van der Waals surface area contributed by atoms with E-state index < -0.39 is 0 Å². The Labute approximate surface area is 106 Å². The second-order valence-electron chi connectivity index (χ2n) is 4.04. The van der Waals surface area contributed by atoms with E-state index in [1.807, 2.05) is 26.0 Å². The van der Waals surface area contributed by atoms with Crippen LogP contribution in [0.3, 0.4) is 0 Å². The quantitative estimate of drug-likeness (QED) is 0.753. The van der Waals surface area contributed by atoms with Crippen LogP contribution in [0, 0.1) is 0 Å². The van der Waals surface area contributed by atoms with E-state index in [2.05, 4.69) is 15.3 Å². The number of carbonyl (C=O) groups is 1. The third kappa shape index (κ3) is 2.30. The maximum atomic E-state index is 12.4. The van der Waals surface area contributed by atoms with Crippen molar-refractivity contribution in [1.82, 2.24) is 20.0 Å². The smallest absolute Gasteiger partial charge is 0.231 e. The van der Waals surface area contributed by atoms with Crippen molar-refractivity contribution in [2.45, 2.75) is 33.2 Å². The molecule has 2 aromatic rings. The number of rotatable bonds is 5. The molecule has 0 N–H and O–H groups in total. The number of aromatic nitrogens is 4. The zero-order valence-electron chi connectivity index (χ0n) is 10.6. The Bertz CT molecular complexity index is 547. The maximum Gasteiger partial charge on any atom is 0.231 e. The van der Waals surface area contributed by atoms with Crippen LogP contribution in [0.5, 0.6) is 0 Å². The zero-order valence-corrected chi connectivity index (χ0v) is 10.6. The van der Waals surface area contributed by atoms with Crippen LogP contribution in [-0.4, -0.2) is 25.8 Å². The van der Waals surface area contributed by atoms with Gasteiger partial charge in [-0.15, -0.1) is 5.10 Å². The molecule has 0 radical (unpaired) electrons. The van der Waals surface area contributed by atoms with E-state index in [4.69, 9.17) is 0 Å². The molecule has 0 saturated heterocycles. The van der Waals surface area contributed by atoms with Gasteiger partial charge in [0.15, 0.2) is 0 Å². The van der Waals surface area contributed by atoms with Gasteiger partial charge in [-0.05, 0) is 24.5 Å². The summed E-state index contributed by atoms with van der Waals surface area (Å²) in [5.74, 6) is -0.106. The summed E-state index contributed by atoms with van der Waals surface area (Å²) in [4.78, 5) is 16.6. The number of aryl methyl sites for hydroxylation is 2. The van der Waals surface area contributed by atoms with E-state index in [0.29, 0.717) is 17.9 Å². The number of hydrogen-bond donors (Lipinski definition) is 0. The lowest BCUT2D eigenvalue weighted by molar-refractivity contribution is 0.102. The summed E-state index contributed by atoms with van der Waals surface area (Å²) in [6.45, 7) is 4.74. The van der Waals surface area contributed by atoms with Gasteiger partial charge < -0.3 is 0 Å². The summed E-state index contributed by atoms with van der Waals surface area (Å²) in [5, 5.41) is 7.73. The highest BCUT2D eigenvalue weighted by Gasteiger charge is 2.18. The van der Waals surface area contributed by atoms with Gasteiger partial charge in [-0.25, -0.2) is 4.68 Å². The highest BCUT2D eigenvalue weighted by atomic mass is 16.1. The minimum Gasteiger partial charge on any atom is -0.285 e. The van der Waals surface area contributed by atoms with Crippen molar-refractivity contribution < 1.29 is 4.79 Å². The van der Waals surface area contributed by atoms with Gasteiger partial charge in [0.1, 0.15) is 11.4 Å². The SMILES string of the molecule is CCCn1nncc1C(=O)c1ncccc1CC. The summed E-state index contributed by atoms with van der Waals surface area (Å²) in [6.07, 6.45) is 4.84. The molecular weight excluding hydrogens is 228 g/mol. The molecule has 0 aromatic carbocycles. The molecule has 18 heavy (non-hydrogen) atoms. The number of pyridine rings is 1. The van der Waals surface area contributed by atoms with Crippen molar-refractivity contribution in [2.75, 3.05) is 0 Å². The van der Waals surface area contributed by atoms with Crippen LogP contribution in [0.4, 0.5) is 0 Å². The first-order valence-electron chi connectivity index (χ1n) is 6.15. The van der Waals surface area contributed by atoms with Gasteiger partial charge >= 0.3 is 0 Å². The van der Waals surface area contributed by atoms with E-state index in [-0.39, 0.29) is 5.78 Å². The second kappa shape index (κ2) is 5.53. The van der Waals surface area contributed by atoms with Crippen molar-refractivity contribution >= 4 is 5.78 Å². The second-order valence-corrected chi connectivity index (χ2v) is 4.04. The fraction of sp³-hybridized carbons (Fsp3) is 0.385. The number of ketones is 1. The van der Waals surface area contributed by atoms with Gasteiger partial charge in [0.2, 0.25) is 5.78 Å². The van der Waals surface area contributed by atoms with Gasteiger partial charge in [0.05, 0.1) is 6.20 Å². The largest absolute Gasteiger partial charge is 0.285 e. The van der Waals surface area contributed by atoms with Crippen molar-refractivity contribution in [1.29, 1.82) is 0 Å². The molecule has 2 aromatic heterocycles. The first-order valence-corrected chi connectivity index (χ1v) is 6.15. The summed E-state index contributed by atoms with van der Waals surface area (Å²) in [7, 11) is 0. The Kier molecular flexibility index (Phi) is 3.82. The Morgan fingerprint density at radius 3 is 2.94 bits per heavy atom. The lowest BCUT2D eigenvalue weighted by atomic mass is 10.1. The highest BCUT2D eigenvalue weighted by Crippen LogP contribution is 2.12. The Morgan fingerprint density at radius 2 is 2.22 bits per heavy atom. The van der Waals surface area contributed by atoms with Crippen LogP contribution < -0.4 is 0 Å². The van der Waals surface area contributed by atoms with E-state index >= 15 is 0 Å². The minimum absolute atomic E-state index is 0.106. The molecule has 2 rings (SSSR count). The maximum absolute atomic E-state index is 12.4. The summed E-state index contributed by atoms with van der Waals surface area (Å²) in [6, 6.07) is 3.77. The molecule has 0 bridgehead atoms. The Morgan fingerprint density at radius 1 is 1.39 bits per heavy atom. The molecule has 0 atom stereocenters. The van der Waals surface area contributed by atoms with Gasteiger partial charge in [0.25, 0.3) is 0 Å². The van der Waals surface area contributed by atoms with E-state index in [0.717, 1.165) is 18.4 Å². The van der Waals surface area contributed by atoms with Crippen LogP contribution in [0.2, 0.25) is 0 Å². The van der Waals surface area contributed by atoms with Gasteiger partial charge in [-0.2, -0.15) is 0 Å². The molecule has 0 spiro atoms. The van der Waals surface area contributed by atoms with Crippen LogP contribution >= 0.6 is 0 Å². The molecule has 0 unspecified atom stereocenters. The standard InChI is InChI=1S/C13H16N4O/c1-3-8-17-11(9-15-16-17)13(18)12-10(4-2)6-5-7-14-12/h5-7,9H,3-4,8H2,1-2H3. The van der Waals surface area contributed by atoms with Gasteiger partial charge in [-0.1, -0.05) is 25.1 Å². The predicted molar refractivity (Wildman–Crippen MR) is 67.4 cm³/mol. The Balaban J connectivity index is 2.38. The molecule has 0 aliphatic carbocycles. The minimum atomic E-state index is -0.106. The monoisotopic (exact) mass is 244 g/mol. The van der Waals surface area contributed by atoms with Gasteiger partial charge in [0, 0.05) is 12.7 Å². The topological polar surface area (TPSA) is 60.7 Å². The van der Waals surface area contributed by atoms with Crippen molar-refractivity contribution in [3.8, 4) is 0 Å². The third-order valence-electron chi connectivity index (χ3n) is 2.77. The average Bonchev–Trinajstić information content (AvgIpc) is 2.86. The molecule has 0 aliphatic rings. The fourth-order valence-corrected chi connectivity index (χ4v) is 1.86. The normalized spacial score (nSPS) is 10.6. The summed E-state index contributed by atoms with van der Waals surface area (Å²) in [5.41, 5.74) is 1.96. The van der Waals surface area contributed by atoms with Crippen LogP contribution in [0.15, 0.2) is 24.5 Å². The first-order chi connectivity index (χ1) is 8.77. The first kappa shape index (κ1) is 12.4. The lowest BCUT2D eigenvalue weighted by Gasteiger charge is -2.06. The van der Waals surface area contributed by atoms with E-state index in [9.17, 15) is 4.79 Å². The number of nitrogens with zero attached hydrogens (tertiary/aromatic N) is 4. The molecule has 2 heterocycles. The summed E-state index contributed by atoms with van der Waals surface area (Å²) < 4.78 is 1.64. The third-order valence-corrected chi connectivity index (χ3v) is 2.77. The van der Waals surface area contributed by atoms with E-state index in [1.54, 1.807) is 10.9 Å². The fourth-order valence-electron chi connectivity index (χ4n) is 1.86. The van der Waals surface area contributed by atoms with Crippen molar-refractivity contribution in [2.24, 2.45) is 0 Å². The summed E-state index contributed by atoms with van der Waals surface area (Å²) >= 11 is 0. The van der Waals surface area contributed by atoms with Crippen LogP contribution in [-0.2, 0) is 13.0 Å². The molecule has 0 saturated carbocycles. The van der Waals surface area contributed by atoms with Crippen LogP contribution in [0.25, 0.3) is 0 Å². The molecule has 0 fully saturated rings. The molecule has 5 heteroatoms. The molecule has 0 aliphatic heterocycles. The Hall–Kier alpha value is -2.04. The zero-order chi connectivity index (χ0) is 13.0.